The van der Waals surface area contributed by atoms with E-state index < -0.39 is 0 Å². The summed E-state index contributed by atoms with van der Waals surface area (Å²) in [6.45, 7) is 0.907. The van der Waals surface area contributed by atoms with E-state index >= 15 is 0 Å². The van der Waals surface area contributed by atoms with Gasteiger partial charge in [0.25, 0.3) is 5.91 Å². The number of hydrogen-bond acceptors (Lipinski definition) is 11. The predicted octanol–water partition coefficient (Wildman–Crippen LogP) is 7.14. The highest BCUT2D eigenvalue weighted by Crippen LogP contribution is 2.43. The Bertz CT molecular complexity index is 1930. The molecule has 4 aromatic carbocycles. The van der Waals surface area contributed by atoms with Crippen molar-refractivity contribution in [3.8, 4) is 62.8 Å². The summed E-state index contributed by atoms with van der Waals surface area (Å²) in [7, 11) is 7.86. The molecule has 0 fully saturated rings. The van der Waals surface area contributed by atoms with Crippen LogP contribution >= 0.6 is 0 Å². The molecule has 0 spiro atoms. The predicted molar refractivity (Wildman–Crippen MR) is 187 cm³/mol. The molecule has 0 saturated carbocycles. The number of benzene rings is 4. The smallest absolute Gasteiger partial charge is 0.255 e. The average Bonchev–Trinajstić information content (AvgIpc) is 3.65. The van der Waals surface area contributed by atoms with Crippen LogP contribution in [0.2, 0.25) is 0 Å². The minimum Gasteiger partial charge on any atom is -0.493 e. The first-order chi connectivity index (χ1) is 24.5. The van der Waals surface area contributed by atoms with Crippen molar-refractivity contribution >= 4 is 11.6 Å². The Kier molecular flexibility index (Phi) is 10.5. The maximum Gasteiger partial charge on any atom is 0.255 e. The summed E-state index contributed by atoms with van der Waals surface area (Å²) in [6.07, 6.45) is 1.09. The number of para-hydroxylation sites is 2. The summed E-state index contributed by atoms with van der Waals surface area (Å²) in [4.78, 5) is 12.6. The number of ether oxygens (including phenoxy) is 7. The van der Waals surface area contributed by atoms with Gasteiger partial charge in [-0.15, -0.1) is 0 Å². The summed E-state index contributed by atoms with van der Waals surface area (Å²) < 4.78 is 45.7. The molecule has 1 unspecified atom stereocenters. The summed E-state index contributed by atoms with van der Waals surface area (Å²) >= 11 is 0. The highest BCUT2D eigenvalue weighted by molar-refractivity contribution is 6.01. The van der Waals surface area contributed by atoms with Crippen molar-refractivity contribution in [2.45, 2.75) is 19.0 Å². The fourth-order valence-electron chi connectivity index (χ4n) is 5.73. The Morgan fingerprint density at radius 1 is 0.640 bits per heavy atom. The van der Waals surface area contributed by atoms with Crippen LogP contribution in [0.25, 0.3) is 22.6 Å². The van der Waals surface area contributed by atoms with Gasteiger partial charge in [0.05, 0.1) is 59.9 Å². The van der Waals surface area contributed by atoms with E-state index in [1.54, 1.807) is 41.6 Å². The van der Waals surface area contributed by atoms with Crippen molar-refractivity contribution in [3.63, 3.8) is 0 Å². The van der Waals surface area contributed by atoms with Crippen molar-refractivity contribution in [1.82, 2.24) is 10.5 Å². The van der Waals surface area contributed by atoms with E-state index in [2.05, 4.69) is 15.8 Å². The van der Waals surface area contributed by atoms with E-state index in [1.807, 2.05) is 72.8 Å². The van der Waals surface area contributed by atoms with Crippen LogP contribution < -0.4 is 43.8 Å². The Morgan fingerprint density at radius 2 is 1.32 bits per heavy atom. The van der Waals surface area contributed by atoms with Crippen molar-refractivity contribution in [2.24, 2.45) is 0 Å². The zero-order chi connectivity index (χ0) is 35.0. The minimum atomic E-state index is -0.388. The monoisotopic (exact) mass is 681 g/mol. The highest BCUT2D eigenvalue weighted by atomic mass is 16.5. The number of aromatic nitrogens is 1. The lowest BCUT2D eigenvalue weighted by atomic mass is 10.1. The van der Waals surface area contributed by atoms with Gasteiger partial charge in [0, 0.05) is 17.3 Å². The number of fused-ring (bicyclic) bond motifs is 1. The van der Waals surface area contributed by atoms with Crippen molar-refractivity contribution in [3.05, 3.63) is 90.0 Å². The van der Waals surface area contributed by atoms with Gasteiger partial charge in [-0.05, 0) is 66.9 Å². The zero-order valence-electron chi connectivity index (χ0n) is 28.5. The lowest BCUT2D eigenvalue weighted by molar-refractivity contribution is 0.0935. The Hall–Kier alpha value is -6.04. The summed E-state index contributed by atoms with van der Waals surface area (Å²) in [5, 5.41) is 10.6. The molecule has 0 bridgehead atoms. The molecule has 0 saturated heterocycles. The Morgan fingerprint density at radius 3 is 2.02 bits per heavy atom. The molecule has 1 aliphatic rings. The molecule has 6 rings (SSSR count). The van der Waals surface area contributed by atoms with Crippen LogP contribution in [0.15, 0.2) is 83.4 Å². The first-order valence-electron chi connectivity index (χ1n) is 16.0. The van der Waals surface area contributed by atoms with Crippen LogP contribution in [-0.4, -0.2) is 59.8 Å². The number of hydrogen-bond donors (Lipinski definition) is 2. The summed E-state index contributed by atoms with van der Waals surface area (Å²) in [6, 6.07) is 24.1. The standard InChI is InChI=1S/C38H39N3O9/c1-43-32-19-23(37-39-27-13-7-6-11-25(27)38(42)40-37)15-16-29(32)48-17-8-9-18-49-30-14-10-12-26(35(30)46-4)31-22-28(41-50-31)24-20-33(44-2)36(47-5)34(21-24)45-3/h6-7,10-16,19-22,37,39H,8-9,17-18H2,1-5H3,(H,40,42). The van der Waals surface area contributed by atoms with Gasteiger partial charge in [0.1, 0.15) is 11.9 Å². The number of nitrogens with zero attached hydrogens (tertiary/aromatic N) is 1. The molecule has 2 N–H and O–H groups in total. The van der Waals surface area contributed by atoms with Gasteiger partial charge >= 0.3 is 0 Å². The number of rotatable bonds is 15. The van der Waals surface area contributed by atoms with E-state index in [4.69, 9.17) is 37.7 Å². The van der Waals surface area contributed by atoms with Crippen LogP contribution in [0.1, 0.15) is 34.9 Å². The maximum absolute atomic E-state index is 12.6. The second-order valence-electron chi connectivity index (χ2n) is 11.2. The molecule has 50 heavy (non-hydrogen) atoms. The average molecular weight is 682 g/mol. The number of unbranched alkanes of at least 4 members (excludes halogenated alkanes) is 1. The molecule has 0 radical (unpaired) electrons. The molecule has 12 heteroatoms. The molecule has 12 nitrogen and oxygen atoms in total. The molecular weight excluding hydrogens is 642 g/mol. The van der Waals surface area contributed by atoms with E-state index in [0.717, 1.165) is 29.7 Å². The molecule has 1 atom stereocenters. The first kappa shape index (κ1) is 33.8. The van der Waals surface area contributed by atoms with E-state index in [1.165, 1.54) is 0 Å². The van der Waals surface area contributed by atoms with Crippen molar-refractivity contribution in [1.29, 1.82) is 0 Å². The molecule has 1 aromatic heterocycles. The lowest BCUT2D eigenvalue weighted by Gasteiger charge is -2.28. The third-order valence-corrected chi connectivity index (χ3v) is 8.24. The van der Waals surface area contributed by atoms with Crippen LogP contribution in [-0.2, 0) is 0 Å². The molecular formula is C38H39N3O9. The SMILES string of the molecule is COc1cc(C2NC(=O)c3ccccc3N2)ccc1OCCCCOc1cccc(-c2cc(-c3cc(OC)c(OC)c(OC)c3)no2)c1OC. The van der Waals surface area contributed by atoms with E-state index in [9.17, 15) is 4.79 Å². The summed E-state index contributed by atoms with van der Waals surface area (Å²) in [5.41, 5.74) is 4.27. The fraction of sp³-hybridized carbons (Fsp3) is 0.263. The lowest BCUT2D eigenvalue weighted by Crippen LogP contribution is -2.38. The molecule has 0 aliphatic carbocycles. The Labute approximate surface area is 290 Å². The molecule has 1 aliphatic heterocycles. The van der Waals surface area contributed by atoms with Gasteiger partial charge in [-0.1, -0.05) is 29.4 Å². The number of methoxy groups -OCH3 is 5. The first-order valence-corrected chi connectivity index (χ1v) is 16.0. The van der Waals surface area contributed by atoms with Gasteiger partial charge in [-0.3, -0.25) is 4.79 Å². The Balaban J connectivity index is 1.04. The van der Waals surface area contributed by atoms with E-state index in [0.29, 0.717) is 76.0 Å². The summed E-state index contributed by atoms with van der Waals surface area (Å²) in [5.74, 6) is 4.21. The fourth-order valence-corrected chi connectivity index (χ4v) is 5.73. The maximum atomic E-state index is 12.6. The van der Waals surface area contributed by atoms with Gasteiger partial charge in [-0.2, -0.15) is 0 Å². The third kappa shape index (κ3) is 7.05. The quantitative estimate of drug-likeness (QED) is 0.109. The second kappa shape index (κ2) is 15.5. The van der Waals surface area contributed by atoms with Crippen LogP contribution in [0.4, 0.5) is 5.69 Å². The second-order valence-corrected chi connectivity index (χ2v) is 11.2. The molecule has 260 valence electrons. The van der Waals surface area contributed by atoms with Crippen LogP contribution in [0.3, 0.4) is 0 Å². The van der Waals surface area contributed by atoms with Gasteiger partial charge < -0.3 is 48.3 Å². The van der Waals surface area contributed by atoms with Crippen molar-refractivity contribution < 1.29 is 42.5 Å². The normalized spacial score (nSPS) is 13.4. The molecule has 5 aromatic rings. The van der Waals surface area contributed by atoms with Gasteiger partial charge in [0.2, 0.25) is 5.75 Å². The number of amides is 1. The topological polar surface area (TPSA) is 132 Å². The number of carbonyl (C=O) groups excluding carboxylic acids is 1. The number of anilines is 1. The largest absolute Gasteiger partial charge is 0.493 e. The number of carbonyl (C=O) groups is 1. The molecule has 1 amide bonds. The third-order valence-electron chi connectivity index (χ3n) is 8.24. The van der Waals surface area contributed by atoms with Gasteiger partial charge in [-0.25, -0.2) is 0 Å². The van der Waals surface area contributed by atoms with Gasteiger partial charge in [0.15, 0.2) is 40.3 Å². The number of nitrogens with one attached hydrogen (secondary N) is 2. The zero-order valence-corrected chi connectivity index (χ0v) is 28.5. The van der Waals surface area contributed by atoms with Crippen LogP contribution in [0, 0.1) is 0 Å². The highest BCUT2D eigenvalue weighted by Gasteiger charge is 2.25. The van der Waals surface area contributed by atoms with Crippen molar-refractivity contribution in [2.75, 3.05) is 54.1 Å². The van der Waals surface area contributed by atoms with Crippen LogP contribution in [0.5, 0.6) is 40.2 Å². The van der Waals surface area contributed by atoms with E-state index in [-0.39, 0.29) is 12.1 Å². The molecule has 2 heterocycles. The minimum absolute atomic E-state index is 0.130.